The summed E-state index contributed by atoms with van der Waals surface area (Å²) < 4.78 is 7.42. The number of furan rings is 1. The molecule has 1 aromatic carbocycles. The number of piperidine rings is 1. The van der Waals surface area contributed by atoms with Crippen LogP contribution in [0.15, 0.2) is 35.2 Å². The topological polar surface area (TPSA) is 104 Å². The van der Waals surface area contributed by atoms with E-state index >= 15 is 0 Å². The SMILES string of the molecule is Cc1c(-c2ccc3occc3c2O)nnc2c1ncn2[C@@H]1CCCN(CC#N)C1. The van der Waals surface area contributed by atoms with E-state index in [0.717, 1.165) is 42.7 Å². The second kappa shape index (κ2) is 6.87. The first kappa shape index (κ1) is 17.6. The van der Waals surface area contributed by atoms with Crippen LogP contribution in [-0.2, 0) is 0 Å². The Morgan fingerprint density at radius 2 is 2.21 bits per heavy atom. The molecule has 5 rings (SSSR count). The first-order chi connectivity index (χ1) is 14.2. The summed E-state index contributed by atoms with van der Waals surface area (Å²) in [6, 6.07) is 7.80. The monoisotopic (exact) mass is 388 g/mol. The van der Waals surface area contributed by atoms with Crippen LogP contribution in [0.4, 0.5) is 0 Å². The van der Waals surface area contributed by atoms with Crippen LogP contribution >= 0.6 is 0 Å². The van der Waals surface area contributed by atoms with Crippen LogP contribution in [0.1, 0.15) is 24.4 Å². The van der Waals surface area contributed by atoms with E-state index in [4.69, 9.17) is 9.68 Å². The third-order valence-electron chi connectivity index (χ3n) is 5.75. The highest BCUT2D eigenvalue weighted by molar-refractivity contribution is 5.93. The maximum Gasteiger partial charge on any atom is 0.183 e. The molecule has 1 aliphatic rings. The third-order valence-corrected chi connectivity index (χ3v) is 5.75. The fourth-order valence-corrected chi connectivity index (χ4v) is 4.25. The predicted molar refractivity (Wildman–Crippen MR) is 107 cm³/mol. The largest absolute Gasteiger partial charge is 0.506 e. The number of aryl methyl sites for hydroxylation is 1. The average molecular weight is 388 g/mol. The highest BCUT2D eigenvalue weighted by atomic mass is 16.3. The molecule has 4 heterocycles. The molecule has 8 heteroatoms. The van der Waals surface area contributed by atoms with Gasteiger partial charge in [-0.25, -0.2) is 4.98 Å². The van der Waals surface area contributed by atoms with Gasteiger partial charge in [0.05, 0.1) is 30.6 Å². The van der Waals surface area contributed by atoms with Gasteiger partial charge in [-0.3, -0.25) is 4.90 Å². The van der Waals surface area contributed by atoms with Crippen LogP contribution in [0.5, 0.6) is 5.75 Å². The lowest BCUT2D eigenvalue weighted by Crippen LogP contribution is -2.36. The van der Waals surface area contributed by atoms with Gasteiger partial charge in [-0.2, -0.15) is 5.26 Å². The van der Waals surface area contributed by atoms with E-state index in [-0.39, 0.29) is 11.8 Å². The first-order valence-corrected chi connectivity index (χ1v) is 9.66. The summed E-state index contributed by atoms with van der Waals surface area (Å²) in [6.07, 6.45) is 5.43. The van der Waals surface area contributed by atoms with Crippen LogP contribution in [0, 0.1) is 18.3 Å². The fraction of sp³-hybridized carbons (Fsp3) is 0.333. The van der Waals surface area contributed by atoms with E-state index in [1.807, 2.05) is 19.3 Å². The van der Waals surface area contributed by atoms with Crippen LogP contribution in [0.25, 0.3) is 33.4 Å². The molecular weight excluding hydrogens is 368 g/mol. The van der Waals surface area contributed by atoms with Gasteiger partial charge in [0.1, 0.15) is 22.5 Å². The number of nitriles is 1. The Bertz CT molecular complexity index is 1250. The van der Waals surface area contributed by atoms with Gasteiger partial charge in [0.2, 0.25) is 0 Å². The van der Waals surface area contributed by atoms with Gasteiger partial charge in [0.15, 0.2) is 5.65 Å². The van der Waals surface area contributed by atoms with Crippen molar-refractivity contribution in [2.45, 2.75) is 25.8 Å². The van der Waals surface area contributed by atoms with Crippen molar-refractivity contribution in [2.24, 2.45) is 0 Å². The zero-order valence-electron chi connectivity index (χ0n) is 16.0. The van der Waals surface area contributed by atoms with Gasteiger partial charge in [-0.05, 0) is 44.5 Å². The number of likely N-dealkylation sites (tertiary alicyclic amines) is 1. The van der Waals surface area contributed by atoms with E-state index in [2.05, 4.69) is 30.7 Å². The molecular formula is C21H20N6O2. The summed E-state index contributed by atoms with van der Waals surface area (Å²) in [4.78, 5) is 6.77. The van der Waals surface area contributed by atoms with Crippen molar-refractivity contribution in [1.82, 2.24) is 24.6 Å². The second-order valence-electron chi connectivity index (χ2n) is 7.48. The molecule has 1 aliphatic heterocycles. The number of hydrogen-bond acceptors (Lipinski definition) is 7. The minimum Gasteiger partial charge on any atom is -0.506 e. The summed E-state index contributed by atoms with van der Waals surface area (Å²) in [5, 5.41) is 29.2. The van der Waals surface area contributed by atoms with Gasteiger partial charge >= 0.3 is 0 Å². The van der Waals surface area contributed by atoms with Crippen LogP contribution < -0.4 is 0 Å². The Balaban J connectivity index is 1.56. The zero-order chi connectivity index (χ0) is 20.0. The predicted octanol–water partition coefficient (Wildman–Crippen LogP) is 3.41. The fourth-order valence-electron chi connectivity index (χ4n) is 4.25. The number of hydrogen-bond donors (Lipinski definition) is 1. The second-order valence-corrected chi connectivity index (χ2v) is 7.48. The first-order valence-electron chi connectivity index (χ1n) is 9.66. The number of rotatable bonds is 3. The van der Waals surface area contributed by atoms with E-state index in [9.17, 15) is 5.11 Å². The lowest BCUT2D eigenvalue weighted by Gasteiger charge is -2.31. The highest BCUT2D eigenvalue weighted by Gasteiger charge is 2.24. The average Bonchev–Trinajstić information content (AvgIpc) is 3.37. The van der Waals surface area contributed by atoms with Gasteiger partial charge in [0, 0.05) is 23.7 Å². The molecule has 29 heavy (non-hydrogen) atoms. The number of nitrogens with zero attached hydrogens (tertiary/aromatic N) is 6. The van der Waals surface area contributed by atoms with E-state index in [1.165, 1.54) is 0 Å². The van der Waals surface area contributed by atoms with Crippen molar-refractivity contribution in [3.8, 4) is 23.1 Å². The van der Waals surface area contributed by atoms with Crippen molar-refractivity contribution in [2.75, 3.05) is 19.6 Å². The highest BCUT2D eigenvalue weighted by Crippen LogP contribution is 2.38. The number of phenols is 1. The summed E-state index contributed by atoms with van der Waals surface area (Å²) in [5.41, 5.74) is 4.23. The summed E-state index contributed by atoms with van der Waals surface area (Å²) in [7, 11) is 0. The molecule has 0 saturated carbocycles. The number of aromatic hydroxyl groups is 1. The number of phenolic OH excluding ortho intramolecular Hbond substituents is 1. The molecule has 0 spiro atoms. The van der Waals surface area contributed by atoms with Crippen molar-refractivity contribution in [3.05, 3.63) is 36.4 Å². The zero-order valence-corrected chi connectivity index (χ0v) is 16.0. The maximum atomic E-state index is 10.7. The van der Waals surface area contributed by atoms with Crippen molar-refractivity contribution >= 4 is 22.1 Å². The van der Waals surface area contributed by atoms with Gasteiger partial charge < -0.3 is 14.1 Å². The Morgan fingerprint density at radius 3 is 3.07 bits per heavy atom. The molecule has 0 unspecified atom stereocenters. The lowest BCUT2D eigenvalue weighted by atomic mass is 10.0. The molecule has 1 fully saturated rings. The standard InChI is InChI=1S/C21H20N6O2/c1-13-18(16-4-5-17-15(20(16)28)6-10-29-17)24-25-21-19(13)23-12-27(21)14-3-2-8-26(11-14)9-7-22/h4-6,10,12,14,28H,2-3,8-9,11H2,1H3/t14-/m1/s1. The lowest BCUT2D eigenvalue weighted by molar-refractivity contribution is 0.197. The van der Waals surface area contributed by atoms with E-state index in [0.29, 0.717) is 28.8 Å². The maximum absolute atomic E-state index is 10.7. The molecule has 8 nitrogen and oxygen atoms in total. The minimum absolute atomic E-state index is 0.131. The van der Waals surface area contributed by atoms with Crippen LogP contribution in [0.2, 0.25) is 0 Å². The molecule has 0 amide bonds. The molecule has 1 saturated heterocycles. The Hall–Kier alpha value is -3.44. The smallest absolute Gasteiger partial charge is 0.183 e. The molecule has 4 aromatic rings. The van der Waals surface area contributed by atoms with Crippen molar-refractivity contribution in [3.63, 3.8) is 0 Å². The number of imidazole rings is 1. The van der Waals surface area contributed by atoms with Crippen LogP contribution in [0.3, 0.4) is 0 Å². The Morgan fingerprint density at radius 1 is 1.31 bits per heavy atom. The van der Waals surface area contributed by atoms with Crippen molar-refractivity contribution < 1.29 is 9.52 Å². The number of fused-ring (bicyclic) bond motifs is 2. The molecule has 0 bridgehead atoms. The van der Waals surface area contributed by atoms with Gasteiger partial charge in [-0.15, -0.1) is 10.2 Å². The number of aromatic nitrogens is 4. The normalized spacial score (nSPS) is 17.7. The molecule has 0 radical (unpaired) electrons. The van der Waals surface area contributed by atoms with E-state index in [1.54, 1.807) is 18.4 Å². The summed E-state index contributed by atoms with van der Waals surface area (Å²) in [6.45, 7) is 4.14. The summed E-state index contributed by atoms with van der Waals surface area (Å²) in [5.74, 6) is 0.131. The van der Waals surface area contributed by atoms with Crippen LogP contribution in [-0.4, -0.2) is 49.4 Å². The third kappa shape index (κ3) is 2.82. The Labute approximate surface area is 167 Å². The minimum atomic E-state index is 0.131. The number of benzene rings is 1. The quantitative estimate of drug-likeness (QED) is 0.536. The molecule has 3 aromatic heterocycles. The summed E-state index contributed by atoms with van der Waals surface area (Å²) >= 11 is 0. The molecule has 0 aliphatic carbocycles. The Kier molecular flexibility index (Phi) is 4.18. The van der Waals surface area contributed by atoms with Gasteiger partial charge in [-0.1, -0.05) is 0 Å². The molecule has 1 N–H and O–H groups in total. The van der Waals surface area contributed by atoms with Crippen molar-refractivity contribution in [1.29, 1.82) is 5.26 Å². The van der Waals surface area contributed by atoms with Gasteiger partial charge in [0.25, 0.3) is 0 Å². The molecule has 1 atom stereocenters. The van der Waals surface area contributed by atoms with E-state index < -0.39 is 0 Å². The molecule has 146 valence electrons.